The highest BCUT2D eigenvalue weighted by molar-refractivity contribution is 7.89. The minimum Gasteiger partial charge on any atom is -0.480 e. The van der Waals surface area contributed by atoms with Gasteiger partial charge in [0.2, 0.25) is 10.0 Å². The van der Waals surface area contributed by atoms with E-state index in [9.17, 15) is 18.0 Å². The lowest BCUT2D eigenvalue weighted by molar-refractivity contribution is -0.139. The topological polar surface area (TPSA) is 113 Å². The van der Waals surface area contributed by atoms with Crippen LogP contribution in [0.1, 0.15) is 50.9 Å². The summed E-state index contributed by atoms with van der Waals surface area (Å²) in [5.41, 5.74) is -0.420. The van der Waals surface area contributed by atoms with Gasteiger partial charge in [0.1, 0.15) is 6.04 Å². The number of aliphatic carboxylic acids is 1. The summed E-state index contributed by atoms with van der Waals surface area (Å²) in [5, 5.41) is 11.5. The number of nitrogens with one attached hydrogen (secondary N) is 2. The fraction of sp³-hybridized carbons (Fsp3) is 0.500. The van der Waals surface area contributed by atoms with Gasteiger partial charge in [0.25, 0.3) is 5.91 Å². The predicted molar refractivity (Wildman–Crippen MR) is 90.3 cm³/mol. The summed E-state index contributed by atoms with van der Waals surface area (Å²) >= 11 is 0. The van der Waals surface area contributed by atoms with Crippen molar-refractivity contribution in [2.45, 2.75) is 57.0 Å². The fourth-order valence-corrected chi connectivity index (χ4v) is 3.45. The van der Waals surface area contributed by atoms with E-state index in [1.807, 2.05) is 6.92 Å². The van der Waals surface area contributed by atoms with Crippen molar-refractivity contribution in [3.05, 3.63) is 29.8 Å². The molecule has 1 unspecified atom stereocenters. The van der Waals surface area contributed by atoms with E-state index in [0.29, 0.717) is 12.8 Å². The Morgan fingerprint density at radius 2 is 1.71 bits per heavy atom. The molecule has 0 aliphatic heterocycles. The Hall–Kier alpha value is -1.93. The van der Waals surface area contributed by atoms with Crippen LogP contribution in [0.3, 0.4) is 0 Å². The number of benzene rings is 1. The molecule has 1 rings (SSSR count). The molecule has 134 valence electrons. The average Bonchev–Trinajstić information content (AvgIpc) is 2.44. The first-order valence-electron chi connectivity index (χ1n) is 7.64. The second kappa shape index (κ2) is 7.76. The van der Waals surface area contributed by atoms with Gasteiger partial charge >= 0.3 is 5.97 Å². The Morgan fingerprint density at radius 3 is 2.12 bits per heavy atom. The van der Waals surface area contributed by atoms with Crippen molar-refractivity contribution >= 4 is 21.9 Å². The molecular weight excluding hydrogens is 332 g/mol. The van der Waals surface area contributed by atoms with Crippen molar-refractivity contribution in [2.75, 3.05) is 0 Å². The normalized spacial score (nSPS) is 13.3. The number of carboxylic acid groups (broad SMARTS) is 1. The van der Waals surface area contributed by atoms with Gasteiger partial charge in [-0.1, -0.05) is 13.3 Å². The monoisotopic (exact) mass is 356 g/mol. The average molecular weight is 356 g/mol. The number of sulfonamides is 1. The third-order valence-electron chi connectivity index (χ3n) is 3.05. The van der Waals surface area contributed by atoms with Crippen LogP contribution in [-0.2, 0) is 14.8 Å². The van der Waals surface area contributed by atoms with Crippen LogP contribution in [0.5, 0.6) is 0 Å². The second-order valence-corrected chi connectivity index (χ2v) is 8.22. The highest BCUT2D eigenvalue weighted by Gasteiger charge is 2.23. The smallest absolute Gasteiger partial charge is 0.326 e. The van der Waals surface area contributed by atoms with E-state index in [0.717, 1.165) is 0 Å². The molecule has 0 spiro atoms. The van der Waals surface area contributed by atoms with Gasteiger partial charge in [-0.25, -0.2) is 17.9 Å². The number of hydrogen-bond donors (Lipinski definition) is 3. The van der Waals surface area contributed by atoms with Gasteiger partial charge in [0.05, 0.1) is 4.90 Å². The minimum atomic E-state index is -3.68. The van der Waals surface area contributed by atoms with Gasteiger partial charge < -0.3 is 10.4 Å². The molecular formula is C16H24N2O5S. The first-order chi connectivity index (χ1) is 11.0. The summed E-state index contributed by atoms with van der Waals surface area (Å²) in [5.74, 6) is -1.65. The van der Waals surface area contributed by atoms with Crippen LogP contribution in [0.25, 0.3) is 0 Å². The molecule has 1 atom stereocenters. The zero-order valence-electron chi connectivity index (χ0n) is 14.3. The molecule has 0 heterocycles. The SMILES string of the molecule is CCCC(NC(=O)c1ccc(S(=O)(=O)NC(C)(C)C)cc1)C(=O)O. The molecule has 0 bridgehead atoms. The van der Waals surface area contributed by atoms with Gasteiger partial charge in [-0.15, -0.1) is 0 Å². The van der Waals surface area contributed by atoms with Crippen molar-refractivity contribution < 1.29 is 23.1 Å². The van der Waals surface area contributed by atoms with E-state index in [2.05, 4.69) is 10.0 Å². The van der Waals surface area contributed by atoms with E-state index < -0.39 is 33.5 Å². The molecule has 1 aromatic carbocycles. The molecule has 3 N–H and O–H groups in total. The number of carbonyl (C=O) groups excluding carboxylic acids is 1. The molecule has 0 radical (unpaired) electrons. The molecule has 0 fully saturated rings. The Kier molecular flexibility index (Phi) is 6.50. The molecule has 0 aliphatic rings. The van der Waals surface area contributed by atoms with Gasteiger partial charge in [-0.05, 0) is 51.5 Å². The number of amides is 1. The van der Waals surface area contributed by atoms with Gasteiger partial charge in [0.15, 0.2) is 0 Å². The van der Waals surface area contributed by atoms with E-state index >= 15 is 0 Å². The largest absolute Gasteiger partial charge is 0.480 e. The molecule has 0 saturated carbocycles. The summed E-state index contributed by atoms with van der Waals surface area (Å²) < 4.78 is 26.9. The predicted octanol–water partition coefficient (Wildman–Crippen LogP) is 1.75. The number of hydrogen-bond acceptors (Lipinski definition) is 4. The first-order valence-corrected chi connectivity index (χ1v) is 9.12. The Balaban J connectivity index is 2.91. The van der Waals surface area contributed by atoms with E-state index in [1.165, 1.54) is 24.3 Å². The molecule has 1 amide bonds. The first kappa shape index (κ1) is 20.1. The van der Waals surface area contributed by atoms with Crippen LogP contribution in [-0.4, -0.2) is 37.0 Å². The van der Waals surface area contributed by atoms with E-state index in [-0.39, 0.29) is 10.5 Å². The van der Waals surface area contributed by atoms with E-state index in [4.69, 9.17) is 5.11 Å². The fourth-order valence-electron chi connectivity index (χ4n) is 2.04. The van der Waals surface area contributed by atoms with Crippen LogP contribution < -0.4 is 10.0 Å². The maximum atomic E-state index is 12.2. The Labute approximate surface area is 142 Å². The Morgan fingerprint density at radius 1 is 1.17 bits per heavy atom. The molecule has 0 aliphatic carbocycles. The van der Waals surface area contributed by atoms with Crippen molar-refractivity contribution in [3.63, 3.8) is 0 Å². The zero-order chi connectivity index (χ0) is 18.5. The van der Waals surface area contributed by atoms with Gasteiger partial charge in [-0.3, -0.25) is 4.79 Å². The second-order valence-electron chi connectivity index (χ2n) is 6.53. The van der Waals surface area contributed by atoms with Gasteiger partial charge in [-0.2, -0.15) is 0 Å². The summed E-state index contributed by atoms with van der Waals surface area (Å²) in [6, 6.07) is 4.39. The third kappa shape index (κ3) is 5.93. The van der Waals surface area contributed by atoms with Crippen molar-refractivity contribution in [1.29, 1.82) is 0 Å². The van der Waals surface area contributed by atoms with Crippen molar-refractivity contribution in [1.82, 2.24) is 10.0 Å². The lowest BCUT2D eigenvalue weighted by Crippen LogP contribution is -2.41. The number of carbonyl (C=O) groups is 2. The van der Waals surface area contributed by atoms with Crippen LogP contribution in [0, 0.1) is 0 Å². The van der Waals surface area contributed by atoms with Crippen molar-refractivity contribution in [2.24, 2.45) is 0 Å². The zero-order valence-corrected chi connectivity index (χ0v) is 15.1. The third-order valence-corrected chi connectivity index (χ3v) is 4.82. The highest BCUT2D eigenvalue weighted by Crippen LogP contribution is 2.14. The molecule has 0 aromatic heterocycles. The minimum absolute atomic E-state index is 0.0392. The molecule has 7 nitrogen and oxygen atoms in total. The Bertz CT molecular complexity index is 690. The summed E-state index contributed by atoms with van der Waals surface area (Å²) in [6.45, 7) is 7.01. The van der Waals surface area contributed by atoms with Crippen molar-refractivity contribution in [3.8, 4) is 0 Å². The lowest BCUT2D eigenvalue weighted by Gasteiger charge is -2.20. The summed E-state index contributed by atoms with van der Waals surface area (Å²) in [6.07, 6.45) is 0.940. The van der Waals surface area contributed by atoms with Crippen LogP contribution in [0.2, 0.25) is 0 Å². The number of rotatable bonds is 7. The molecule has 1 aromatic rings. The summed E-state index contributed by atoms with van der Waals surface area (Å²) in [4.78, 5) is 23.2. The molecule has 0 saturated heterocycles. The highest BCUT2D eigenvalue weighted by atomic mass is 32.2. The maximum Gasteiger partial charge on any atom is 0.326 e. The van der Waals surface area contributed by atoms with E-state index in [1.54, 1.807) is 20.8 Å². The quantitative estimate of drug-likeness (QED) is 0.689. The molecule has 8 heteroatoms. The standard InChI is InChI=1S/C16H24N2O5S/c1-5-6-13(15(20)21)17-14(19)11-7-9-12(10-8-11)24(22,23)18-16(2,3)4/h7-10,13,18H,5-6H2,1-4H3,(H,17,19)(H,20,21). The molecule has 24 heavy (non-hydrogen) atoms. The maximum absolute atomic E-state index is 12.2. The van der Waals surface area contributed by atoms with Crippen LogP contribution in [0.4, 0.5) is 0 Å². The summed E-state index contributed by atoms with van der Waals surface area (Å²) in [7, 11) is -3.68. The van der Waals surface area contributed by atoms with Crippen LogP contribution in [0.15, 0.2) is 29.2 Å². The van der Waals surface area contributed by atoms with Gasteiger partial charge in [0, 0.05) is 11.1 Å². The lowest BCUT2D eigenvalue weighted by atomic mass is 10.1. The number of carboxylic acids is 1. The van der Waals surface area contributed by atoms with Crippen LogP contribution >= 0.6 is 0 Å².